The van der Waals surface area contributed by atoms with Crippen molar-refractivity contribution in [3.63, 3.8) is 0 Å². The van der Waals surface area contributed by atoms with Crippen LogP contribution < -0.4 is 6.15 Å². The lowest BCUT2D eigenvalue weighted by Crippen LogP contribution is -1.82. The molecule has 15 aromatic rings. The summed E-state index contributed by atoms with van der Waals surface area (Å²) < 4.78 is 0. The van der Waals surface area contributed by atoms with E-state index in [1.807, 2.05) is 0 Å². The molecule has 0 unspecified atom stereocenters. The third-order valence-electron chi connectivity index (χ3n) is 13.9. The van der Waals surface area contributed by atoms with Crippen LogP contribution in [-0.2, 0) is 0 Å². The molecular formula is C66H45N. The Labute approximate surface area is 388 Å². The molecule has 3 N–H and O–H groups in total. The second kappa shape index (κ2) is 16.4. The van der Waals surface area contributed by atoms with Crippen LogP contribution in [0.5, 0.6) is 0 Å². The van der Waals surface area contributed by atoms with Gasteiger partial charge in [-0.25, -0.2) is 0 Å². The molecule has 67 heavy (non-hydrogen) atoms. The number of hydrogen-bond acceptors (Lipinski definition) is 1. The van der Waals surface area contributed by atoms with Crippen molar-refractivity contribution in [1.29, 1.82) is 0 Å². The molecule has 15 aromatic carbocycles. The molecule has 0 radical (unpaired) electrons. The lowest BCUT2D eigenvalue weighted by molar-refractivity contribution is 1.78. The maximum absolute atomic E-state index is 2.27. The molecule has 0 heterocycles. The molecule has 314 valence electrons. The number of rotatable bonds is 0. The van der Waals surface area contributed by atoms with Crippen LogP contribution in [0.2, 0.25) is 0 Å². The summed E-state index contributed by atoms with van der Waals surface area (Å²) >= 11 is 0. The topological polar surface area (TPSA) is 35.0 Å². The molecule has 0 saturated heterocycles. The quantitative estimate of drug-likeness (QED) is 0.152. The van der Waals surface area contributed by atoms with Crippen LogP contribution in [0.25, 0.3) is 129 Å². The summed E-state index contributed by atoms with van der Waals surface area (Å²) in [5.74, 6) is 0. The molecular weight excluding hydrogens is 807 g/mol. The van der Waals surface area contributed by atoms with E-state index < -0.39 is 0 Å². The maximum Gasteiger partial charge on any atom is -0.00987 e. The molecule has 1 nitrogen and oxygen atoms in total. The molecule has 0 fully saturated rings. The Morgan fingerprint density at radius 1 is 0.104 bits per heavy atom. The molecule has 0 aromatic heterocycles. The summed E-state index contributed by atoms with van der Waals surface area (Å²) in [4.78, 5) is 0. The molecule has 0 aliphatic heterocycles. The van der Waals surface area contributed by atoms with E-state index in [1.165, 1.54) is 129 Å². The number of fused-ring (bicyclic) bond motifs is 21. The molecule has 0 atom stereocenters. The SMILES string of the molecule is N.c1ccc2c(c1)ccc1c2ccc2c3ccccc3ccc21.c1ccc2c(c1)ccc1c2ccc2c3ccccc3ccc21.c1ccc2c(c1)ccc1c2ccc2c3ccccc3ccc21. The van der Waals surface area contributed by atoms with E-state index in [9.17, 15) is 0 Å². The fourth-order valence-corrected chi connectivity index (χ4v) is 10.8. The molecule has 0 amide bonds. The van der Waals surface area contributed by atoms with Crippen molar-refractivity contribution in [3.8, 4) is 0 Å². The summed E-state index contributed by atoms with van der Waals surface area (Å²) in [6.07, 6.45) is 0. The van der Waals surface area contributed by atoms with Gasteiger partial charge >= 0.3 is 0 Å². The molecule has 0 bridgehead atoms. The van der Waals surface area contributed by atoms with E-state index in [-0.39, 0.29) is 6.15 Å². The van der Waals surface area contributed by atoms with Crippen molar-refractivity contribution in [3.05, 3.63) is 255 Å². The summed E-state index contributed by atoms with van der Waals surface area (Å²) in [5, 5.41) is 31.8. The highest BCUT2D eigenvalue weighted by molar-refractivity contribution is 6.24. The lowest BCUT2D eigenvalue weighted by Gasteiger charge is -2.09. The number of benzene rings is 15. The van der Waals surface area contributed by atoms with E-state index in [1.54, 1.807) is 0 Å². The van der Waals surface area contributed by atoms with Gasteiger partial charge in [-0.2, -0.15) is 0 Å². The first-order chi connectivity index (χ1) is 32.7. The lowest BCUT2D eigenvalue weighted by atomic mass is 9.94. The van der Waals surface area contributed by atoms with Gasteiger partial charge in [0.2, 0.25) is 0 Å². The Bertz CT molecular complexity index is 3680. The predicted molar refractivity (Wildman–Crippen MR) is 294 cm³/mol. The second-order valence-electron chi connectivity index (χ2n) is 17.5. The highest BCUT2D eigenvalue weighted by Crippen LogP contribution is 2.37. The standard InChI is InChI=1S/3C22H14.H3N/c3*1-3-7-17-15(5-1)9-11-21-19(17)13-14-20-18-8-4-2-6-16(18)10-12-22(20)21;/h3*1-14H;1H3. The molecule has 0 aliphatic carbocycles. The van der Waals surface area contributed by atoms with Gasteiger partial charge in [-0.3, -0.25) is 0 Å². The van der Waals surface area contributed by atoms with Crippen LogP contribution in [0.1, 0.15) is 0 Å². The minimum Gasteiger partial charge on any atom is -0.344 e. The monoisotopic (exact) mass is 851 g/mol. The number of hydrogen-bond donors (Lipinski definition) is 1. The van der Waals surface area contributed by atoms with Gasteiger partial charge in [0, 0.05) is 0 Å². The zero-order valence-electron chi connectivity index (χ0n) is 37.0. The van der Waals surface area contributed by atoms with Crippen molar-refractivity contribution in [2.45, 2.75) is 0 Å². The van der Waals surface area contributed by atoms with Crippen LogP contribution in [0.3, 0.4) is 0 Å². The van der Waals surface area contributed by atoms with Crippen molar-refractivity contribution < 1.29 is 0 Å². The van der Waals surface area contributed by atoms with Crippen LogP contribution >= 0.6 is 0 Å². The van der Waals surface area contributed by atoms with E-state index >= 15 is 0 Å². The van der Waals surface area contributed by atoms with Gasteiger partial charge in [-0.05, 0) is 129 Å². The molecule has 0 spiro atoms. The highest BCUT2D eigenvalue weighted by atomic mass is 14.1. The van der Waals surface area contributed by atoms with E-state index in [0.717, 1.165) is 0 Å². The van der Waals surface area contributed by atoms with Gasteiger partial charge in [0.25, 0.3) is 0 Å². The third kappa shape index (κ3) is 6.67. The van der Waals surface area contributed by atoms with Crippen molar-refractivity contribution >= 4 is 129 Å². The zero-order valence-corrected chi connectivity index (χ0v) is 37.0. The zero-order chi connectivity index (χ0) is 43.6. The van der Waals surface area contributed by atoms with Gasteiger partial charge in [-0.15, -0.1) is 0 Å². The minimum absolute atomic E-state index is 0. The average molecular weight is 852 g/mol. The van der Waals surface area contributed by atoms with E-state index in [2.05, 4.69) is 255 Å². The summed E-state index contributed by atoms with van der Waals surface area (Å²) in [6, 6.07) is 92.2. The Morgan fingerprint density at radius 3 is 0.388 bits per heavy atom. The third-order valence-corrected chi connectivity index (χ3v) is 13.9. The van der Waals surface area contributed by atoms with Gasteiger partial charge in [0.15, 0.2) is 0 Å². The summed E-state index contributed by atoms with van der Waals surface area (Å²) in [7, 11) is 0. The van der Waals surface area contributed by atoms with Crippen molar-refractivity contribution in [2.75, 3.05) is 0 Å². The fourth-order valence-electron chi connectivity index (χ4n) is 10.8. The molecule has 0 saturated carbocycles. The van der Waals surface area contributed by atoms with Crippen LogP contribution in [0.4, 0.5) is 0 Å². The van der Waals surface area contributed by atoms with Gasteiger partial charge in [0.05, 0.1) is 0 Å². The first kappa shape index (κ1) is 39.9. The van der Waals surface area contributed by atoms with Crippen molar-refractivity contribution in [2.24, 2.45) is 0 Å². The normalized spacial score (nSPS) is 11.5. The Kier molecular flexibility index (Phi) is 9.79. The summed E-state index contributed by atoms with van der Waals surface area (Å²) in [5.41, 5.74) is 0. The Hall–Kier alpha value is -8.62. The van der Waals surface area contributed by atoms with Crippen LogP contribution in [-0.4, -0.2) is 0 Å². The van der Waals surface area contributed by atoms with Crippen LogP contribution in [0.15, 0.2) is 255 Å². The van der Waals surface area contributed by atoms with E-state index in [0.29, 0.717) is 0 Å². The first-order valence-corrected chi connectivity index (χ1v) is 22.9. The van der Waals surface area contributed by atoms with Gasteiger partial charge in [-0.1, -0.05) is 255 Å². The smallest absolute Gasteiger partial charge is 0.00987 e. The van der Waals surface area contributed by atoms with Gasteiger partial charge < -0.3 is 6.15 Å². The average Bonchev–Trinajstić information content (AvgIpc) is 3.40. The maximum atomic E-state index is 2.27. The largest absolute Gasteiger partial charge is 0.344 e. The molecule has 0 aliphatic rings. The highest BCUT2D eigenvalue weighted by Gasteiger charge is 2.10. The second-order valence-corrected chi connectivity index (χ2v) is 17.5. The van der Waals surface area contributed by atoms with Crippen LogP contribution in [0, 0.1) is 0 Å². The molecule has 15 rings (SSSR count). The van der Waals surface area contributed by atoms with E-state index in [4.69, 9.17) is 0 Å². The fraction of sp³-hybridized carbons (Fsp3) is 0. The minimum atomic E-state index is 0. The Morgan fingerprint density at radius 2 is 0.224 bits per heavy atom. The Balaban J connectivity index is 0.000000104. The predicted octanol–water partition coefficient (Wildman–Crippen LogP) is 19.1. The summed E-state index contributed by atoms with van der Waals surface area (Å²) in [6.45, 7) is 0. The van der Waals surface area contributed by atoms with Gasteiger partial charge in [0.1, 0.15) is 0 Å². The first-order valence-electron chi connectivity index (χ1n) is 22.9. The molecule has 1 heteroatoms. The van der Waals surface area contributed by atoms with Crippen molar-refractivity contribution in [1.82, 2.24) is 6.15 Å².